The average molecular weight is 172 g/mol. The summed E-state index contributed by atoms with van der Waals surface area (Å²) in [6.07, 6.45) is 0. The summed E-state index contributed by atoms with van der Waals surface area (Å²) in [5, 5.41) is 3.14. The van der Waals surface area contributed by atoms with Gasteiger partial charge < -0.3 is 11.1 Å². The van der Waals surface area contributed by atoms with Gasteiger partial charge in [-0.3, -0.25) is 4.79 Å². The Hall–Kier alpha value is -0.570. The maximum atomic E-state index is 10.9. The minimum atomic E-state index is -0.259. The summed E-state index contributed by atoms with van der Waals surface area (Å²) < 4.78 is 0. The van der Waals surface area contributed by atoms with E-state index in [9.17, 15) is 4.79 Å². The van der Waals surface area contributed by atoms with E-state index in [0.717, 1.165) is 6.54 Å². The summed E-state index contributed by atoms with van der Waals surface area (Å²) in [7, 11) is 0. The van der Waals surface area contributed by atoms with Gasteiger partial charge in [0.25, 0.3) is 0 Å². The molecule has 0 aromatic rings. The lowest BCUT2D eigenvalue weighted by Crippen LogP contribution is -2.46. The molecule has 0 aromatic carbocycles. The second-order valence-corrected chi connectivity index (χ2v) is 3.93. The molecule has 0 heterocycles. The van der Waals surface area contributed by atoms with Gasteiger partial charge in [-0.2, -0.15) is 0 Å². The first-order chi connectivity index (χ1) is 5.45. The second kappa shape index (κ2) is 5.14. The molecule has 0 unspecified atom stereocenters. The number of nitrogens with two attached hydrogens (primary N) is 1. The fraction of sp³-hybridized carbons (Fsp3) is 0.889. The summed E-state index contributed by atoms with van der Waals surface area (Å²) >= 11 is 0. The van der Waals surface area contributed by atoms with Gasteiger partial charge in [-0.25, -0.2) is 0 Å². The Morgan fingerprint density at radius 1 is 1.33 bits per heavy atom. The number of amides is 1. The third-order valence-electron chi connectivity index (χ3n) is 1.72. The van der Waals surface area contributed by atoms with Crippen molar-refractivity contribution in [1.29, 1.82) is 0 Å². The molecule has 0 saturated heterocycles. The molecule has 1 amide bonds. The van der Waals surface area contributed by atoms with Crippen molar-refractivity contribution in [2.45, 2.75) is 33.7 Å². The maximum absolute atomic E-state index is 10.9. The molecule has 0 aliphatic rings. The van der Waals surface area contributed by atoms with Crippen molar-refractivity contribution in [1.82, 2.24) is 5.32 Å². The molecular weight excluding hydrogens is 152 g/mol. The number of hydrogen-bond donors (Lipinski definition) is 2. The van der Waals surface area contributed by atoms with E-state index in [1.54, 1.807) is 0 Å². The highest BCUT2D eigenvalue weighted by Crippen LogP contribution is 2.01. The van der Waals surface area contributed by atoms with Crippen LogP contribution in [0.1, 0.15) is 27.7 Å². The first-order valence-electron chi connectivity index (χ1n) is 4.47. The van der Waals surface area contributed by atoms with Crippen LogP contribution in [0.15, 0.2) is 0 Å². The van der Waals surface area contributed by atoms with Crippen LogP contribution in [-0.2, 0) is 4.79 Å². The van der Waals surface area contributed by atoms with E-state index in [4.69, 9.17) is 5.73 Å². The van der Waals surface area contributed by atoms with Crippen LogP contribution in [0.4, 0.5) is 0 Å². The van der Waals surface area contributed by atoms with Crippen molar-refractivity contribution in [3.05, 3.63) is 0 Å². The topological polar surface area (TPSA) is 55.1 Å². The quantitative estimate of drug-likeness (QED) is 0.642. The van der Waals surface area contributed by atoms with Crippen molar-refractivity contribution in [2.24, 2.45) is 17.6 Å². The Morgan fingerprint density at radius 2 is 1.83 bits per heavy atom. The minimum Gasteiger partial charge on any atom is -0.368 e. The fourth-order valence-electron chi connectivity index (χ4n) is 1.03. The Bertz CT molecular complexity index is 143. The number of carbonyl (C=O) groups is 1. The Kier molecular flexibility index (Phi) is 4.90. The van der Waals surface area contributed by atoms with Gasteiger partial charge in [0.05, 0.1) is 6.04 Å². The average Bonchev–Trinajstić information content (AvgIpc) is 1.84. The van der Waals surface area contributed by atoms with E-state index in [1.807, 2.05) is 13.8 Å². The van der Waals surface area contributed by atoms with Gasteiger partial charge >= 0.3 is 0 Å². The molecule has 0 saturated carbocycles. The van der Waals surface area contributed by atoms with E-state index in [2.05, 4.69) is 19.2 Å². The number of rotatable bonds is 5. The van der Waals surface area contributed by atoms with Crippen LogP contribution in [0.5, 0.6) is 0 Å². The van der Waals surface area contributed by atoms with Crippen LogP contribution < -0.4 is 11.1 Å². The Balaban J connectivity index is 3.88. The fourth-order valence-corrected chi connectivity index (χ4v) is 1.03. The zero-order chi connectivity index (χ0) is 9.72. The highest BCUT2D eigenvalue weighted by atomic mass is 16.1. The van der Waals surface area contributed by atoms with Gasteiger partial charge in [0.2, 0.25) is 5.91 Å². The summed E-state index contributed by atoms with van der Waals surface area (Å²) in [6.45, 7) is 9.02. The van der Waals surface area contributed by atoms with Crippen molar-refractivity contribution in [3.63, 3.8) is 0 Å². The minimum absolute atomic E-state index is 0.188. The summed E-state index contributed by atoms with van der Waals surface area (Å²) in [5.74, 6) is 0.553. The normalized spacial score (nSPS) is 13.8. The van der Waals surface area contributed by atoms with Crippen molar-refractivity contribution >= 4 is 5.91 Å². The Labute approximate surface area is 74.7 Å². The van der Waals surface area contributed by atoms with E-state index in [-0.39, 0.29) is 17.9 Å². The Morgan fingerprint density at radius 3 is 2.08 bits per heavy atom. The summed E-state index contributed by atoms with van der Waals surface area (Å²) in [4.78, 5) is 10.9. The number of primary amides is 1. The van der Waals surface area contributed by atoms with Crippen molar-refractivity contribution in [2.75, 3.05) is 6.54 Å². The van der Waals surface area contributed by atoms with Crippen LogP contribution in [0.25, 0.3) is 0 Å². The molecule has 3 N–H and O–H groups in total. The standard InChI is InChI=1S/C9H20N2O/c1-6(2)5-11-8(7(3)4)9(10)12/h6-8,11H,5H2,1-4H3,(H2,10,12)/t8-/m1/s1. The van der Waals surface area contributed by atoms with E-state index in [0.29, 0.717) is 5.92 Å². The largest absolute Gasteiger partial charge is 0.368 e. The first kappa shape index (κ1) is 11.4. The van der Waals surface area contributed by atoms with Crippen LogP contribution in [0, 0.1) is 11.8 Å². The third-order valence-corrected chi connectivity index (χ3v) is 1.72. The highest BCUT2D eigenvalue weighted by Gasteiger charge is 2.18. The SMILES string of the molecule is CC(C)CN[C@@H](C(N)=O)C(C)C. The van der Waals surface area contributed by atoms with Gasteiger partial charge in [-0.05, 0) is 18.4 Å². The molecule has 0 spiro atoms. The second-order valence-electron chi connectivity index (χ2n) is 3.93. The smallest absolute Gasteiger partial charge is 0.234 e. The molecule has 3 heteroatoms. The summed E-state index contributed by atoms with van der Waals surface area (Å²) in [6, 6.07) is -0.188. The van der Waals surface area contributed by atoms with Crippen LogP contribution >= 0.6 is 0 Å². The molecule has 12 heavy (non-hydrogen) atoms. The zero-order valence-electron chi connectivity index (χ0n) is 8.42. The number of carbonyl (C=O) groups excluding carboxylic acids is 1. The molecule has 3 nitrogen and oxygen atoms in total. The molecule has 0 bridgehead atoms. The number of nitrogens with one attached hydrogen (secondary N) is 1. The molecule has 0 aliphatic heterocycles. The first-order valence-corrected chi connectivity index (χ1v) is 4.47. The molecular formula is C9H20N2O. The van der Waals surface area contributed by atoms with Crippen molar-refractivity contribution in [3.8, 4) is 0 Å². The zero-order valence-corrected chi connectivity index (χ0v) is 8.42. The molecule has 0 aromatic heterocycles. The maximum Gasteiger partial charge on any atom is 0.234 e. The monoisotopic (exact) mass is 172 g/mol. The summed E-state index contributed by atoms with van der Waals surface area (Å²) in [5.41, 5.74) is 5.22. The molecule has 0 radical (unpaired) electrons. The molecule has 0 aliphatic carbocycles. The molecule has 0 fully saturated rings. The predicted octanol–water partition coefficient (Wildman–Crippen LogP) is 0.742. The predicted molar refractivity (Wildman–Crippen MR) is 50.7 cm³/mol. The number of hydrogen-bond acceptors (Lipinski definition) is 2. The molecule has 72 valence electrons. The van der Waals surface area contributed by atoms with Crippen LogP contribution in [0.2, 0.25) is 0 Å². The van der Waals surface area contributed by atoms with Gasteiger partial charge in [0, 0.05) is 0 Å². The lowest BCUT2D eigenvalue weighted by molar-refractivity contribution is -0.121. The van der Waals surface area contributed by atoms with E-state index >= 15 is 0 Å². The van der Waals surface area contributed by atoms with Crippen molar-refractivity contribution < 1.29 is 4.79 Å². The van der Waals surface area contributed by atoms with Gasteiger partial charge in [-0.1, -0.05) is 27.7 Å². The van der Waals surface area contributed by atoms with Crippen LogP contribution in [0.3, 0.4) is 0 Å². The van der Waals surface area contributed by atoms with E-state index in [1.165, 1.54) is 0 Å². The molecule has 0 rings (SSSR count). The van der Waals surface area contributed by atoms with E-state index < -0.39 is 0 Å². The van der Waals surface area contributed by atoms with Gasteiger partial charge in [0.1, 0.15) is 0 Å². The van der Waals surface area contributed by atoms with Crippen LogP contribution in [-0.4, -0.2) is 18.5 Å². The lowest BCUT2D eigenvalue weighted by atomic mass is 10.0. The van der Waals surface area contributed by atoms with Gasteiger partial charge in [0.15, 0.2) is 0 Å². The third kappa shape index (κ3) is 4.34. The van der Waals surface area contributed by atoms with Gasteiger partial charge in [-0.15, -0.1) is 0 Å². The molecule has 1 atom stereocenters. The lowest BCUT2D eigenvalue weighted by Gasteiger charge is -2.19. The highest BCUT2D eigenvalue weighted by molar-refractivity contribution is 5.80.